The monoisotopic (exact) mass is 288 g/mol. The van der Waals surface area contributed by atoms with Gasteiger partial charge in [0.15, 0.2) is 5.78 Å². The molecule has 0 saturated heterocycles. The molecule has 4 heteroatoms. The van der Waals surface area contributed by atoms with Gasteiger partial charge in [-0.25, -0.2) is 0 Å². The number of hydrogen-bond donors (Lipinski definition) is 0. The first kappa shape index (κ1) is 12.6. The first-order chi connectivity index (χ1) is 7.11. The molecule has 0 N–H and O–H groups in total. The number of alkyl halides is 1. The lowest BCUT2D eigenvalue weighted by Gasteiger charge is -2.12. The van der Waals surface area contributed by atoms with Crippen LogP contribution in [-0.2, 0) is 0 Å². The lowest BCUT2D eigenvalue weighted by molar-refractivity contribution is 0.0990. The van der Waals surface area contributed by atoms with E-state index < -0.39 is 0 Å². The Morgan fingerprint density at radius 2 is 2.20 bits per heavy atom. The Balaban J connectivity index is 3.28. The van der Waals surface area contributed by atoms with E-state index in [0.717, 1.165) is 4.90 Å². The molecule has 0 spiro atoms. The molecule has 0 radical (unpaired) electrons. The molecular formula is C11H13BrO2S. The summed E-state index contributed by atoms with van der Waals surface area (Å²) in [5.41, 5.74) is 0.664. The number of carbonyl (C=O) groups excluding carboxylic acids is 1. The van der Waals surface area contributed by atoms with Gasteiger partial charge in [0, 0.05) is 4.90 Å². The van der Waals surface area contributed by atoms with Crippen molar-refractivity contribution in [1.82, 2.24) is 0 Å². The number of thioether (sulfide) groups is 1. The summed E-state index contributed by atoms with van der Waals surface area (Å²) in [4.78, 5) is 12.7. The van der Waals surface area contributed by atoms with Gasteiger partial charge in [-0.05, 0) is 25.3 Å². The second kappa shape index (κ2) is 5.56. The number of methoxy groups -OCH3 is 1. The summed E-state index contributed by atoms with van der Waals surface area (Å²) in [6, 6.07) is 5.62. The first-order valence-electron chi connectivity index (χ1n) is 4.51. The van der Waals surface area contributed by atoms with Gasteiger partial charge in [-0.15, -0.1) is 11.8 Å². The van der Waals surface area contributed by atoms with Crippen molar-refractivity contribution in [3.05, 3.63) is 23.8 Å². The molecule has 0 heterocycles. The van der Waals surface area contributed by atoms with E-state index in [1.165, 1.54) is 0 Å². The molecular weight excluding hydrogens is 276 g/mol. The van der Waals surface area contributed by atoms with Crippen LogP contribution in [-0.4, -0.2) is 24.0 Å². The molecule has 1 atom stereocenters. The Bertz CT molecular complexity index is 341. The number of benzene rings is 1. The molecule has 0 amide bonds. The van der Waals surface area contributed by atoms with Gasteiger partial charge in [0.05, 0.1) is 17.5 Å². The highest BCUT2D eigenvalue weighted by molar-refractivity contribution is 9.10. The summed E-state index contributed by atoms with van der Waals surface area (Å²) in [6.07, 6.45) is 1.95. The van der Waals surface area contributed by atoms with Crippen LogP contribution in [0.3, 0.4) is 0 Å². The lowest BCUT2D eigenvalue weighted by atomic mass is 10.1. The predicted octanol–water partition coefficient (Wildman–Crippen LogP) is 3.38. The smallest absolute Gasteiger partial charge is 0.181 e. The third kappa shape index (κ3) is 2.75. The summed E-state index contributed by atoms with van der Waals surface area (Å²) in [5.74, 6) is 0.690. The highest BCUT2D eigenvalue weighted by Crippen LogP contribution is 2.30. The highest BCUT2D eigenvalue weighted by atomic mass is 79.9. The Kier molecular flexibility index (Phi) is 4.67. The lowest BCUT2D eigenvalue weighted by Crippen LogP contribution is -2.12. The van der Waals surface area contributed by atoms with Gasteiger partial charge in [-0.1, -0.05) is 22.0 Å². The van der Waals surface area contributed by atoms with Crippen molar-refractivity contribution in [2.24, 2.45) is 0 Å². The van der Waals surface area contributed by atoms with Crippen LogP contribution in [0.1, 0.15) is 17.3 Å². The van der Waals surface area contributed by atoms with Gasteiger partial charge >= 0.3 is 0 Å². The van der Waals surface area contributed by atoms with E-state index >= 15 is 0 Å². The van der Waals surface area contributed by atoms with E-state index in [-0.39, 0.29) is 10.6 Å². The highest BCUT2D eigenvalue weighted by Gasteiger charge is 2.20. The van der Waals surface area contributed by atoms with Crippen molar-refractivity contribution in [2.75, 3.05) is 13.4 Å². The maximum absolute atomic E-state index is 12.0. The molecule has 0 aliphatic rings. The second-order valence-corrected chi connectivity index (χ2v) is 5.24. The molecule has 15 heavy (non-hydrogen) atoms. The van der Waals surface area contributed by atoms with E-state index in [1.54, 1.807) is 18.9 Å². The van der Waals surface area contributed by atoms with Crippen LogP contribution in [0.15, 0.2) is 23.1 Å². The topological polar surface area (TPSA) is 26.3 Å². The molecule has 0 aromatic heterocycles. The van der Waals surface area contributed by atoms with Crippen LogP contribution in [0.25, 0.3) is 0 Å². The van der Waals surface area contributed by atoms with Crippen LogP contribution in [0.4, 0.5) is 0 Å². The number of hydrogen-bond acceptors (Lipinski definition) is 3. The van der Waals surface area contributed by atoms with E-state index in [2.05, 4.69) is 15.9 Å². The normalized spacial score (nSPS) is 12.3. The largest absolute Gasteiger partial charge is 0.496 e. The van der Waals surface area contributed by atoms with Crippen LogP contribution in [0.5, 0.6) is 5.75 Å². The number of rotatable bonds is 4. The van der Waals surface area contributed by atoms with E-state index in [4.69, 9.17) is 4.74 Å². The van der Waals surface area contributed by atoms with Crippen LogP contribution < -0.4 is 4.74 Å². The van der Waals surface area contributed by atoms with Crippen LogP contribution in [0, 0.1) is 0 Å². The second-order valence-electron chi connectivity index (χ2n) is 3.02. The summed E-state index contributed by atoms with van der Waals surface area (Å²) in [7, 11) is 1.58. The zero-order valence-electron chi connectivity index (χ0n) is 8.91. The first-order valence-corrected chi connectivity index (χ1v) is 6.65. The summed E-state index contributed by atoms with van der Waals surface area (Å²) >= 11 is 4.84. The van der Waals surface area contributed by atoms with Gasteiger partial charge < -0.3 is 4.74 Å². The molecule has 1 aromatic rings. The van der Waals surface area contributed by atoms with Crippen LogP contribution >= 0.6 is 27.7 Å². The van der Waals surface area contributed by atoms with E-state index in [1.807, 2.05) is 31.4 Å². The van der Waals surface area contributed by atoms with Crippen molar-refractivity contribution >= 4 is 33.5 Å². The maximum atomic E-state index is 12.0. The maximum Gasteiger partial charge on any atom is 0.181 e. The van der Waals surface area contributed by atoms with Crippen LogP contribution in [0.2, 0.25) is 0 Å². The number of ether oxygens (including phenoxy) is 1. The number of Topliss-reactive ketones (excluding diaryl/α,β-unsaturated/α-hetero) is 1. The minimum atomic E-state index is -0.195. The summed E-state index contributed by atoms with van der Waals surface area (Å²) < 4.78 is 5.20. The van der Waals surface area contributed by atoms with Gasteiger partial charge in [0.1, 0.15) is 5.75 Å². The number of ketones is 1. The van der Waals surface area contributed by atoms with Crippen molar-refractivity contribution in [3.8, 4) is 5.75 Å². The van der Waals surface area contributed by atoms with Gasteiger partial charge in [0.25, 0.3) is 0 Å². The van der Waals surface area contributed by atoms with Gasteiger partial charge in [-0.3, -0.25) is 4.79 Å². The average Bonchev–Trinajstić information content (AvgIpc) is 2.26. The fourth-order valence-corrected chi connectivity index (χ4v) is 2.14. The van der Waals surface area contributed by atoms with E-state index in [0.29, 0.717) is 11.3 Å². The molecule has 0 aliphatic carbocycles. The summed E-state index contributed by atoms with van der Waals surface area (Å²) in [5, 5.41) is 0. The molecule has 0 bridgehead atoms. The standard InChI is InChI=1S/C11H13BrO2S/c1-7(12)11(13)10-8(14-2)5-4-6-9(10)15-3/h4-7H,1-3H3. The fourth-order valence-electron chi connectivity index (χ4n) is 1.29. The number of carbonyl (C=O) groups is 1. The minimum absolute atomic E-state index is 0.0526. The van der Waals surface area contributed by atoms with Crippen molar-refractivity contribution in [3.63, 3.8) is 0 Å². The molecule has 2 nitrogen and oxygen atoms in total. The predicted molar refractivity (Wildman–Crippen MR) is 67.5 cm³/mol. The van der Waals surface area contributed by atoms with Gasteiger partial charge in [0.2, 0.25) is 0 Å². The third-order valence-electron chi connectivity index (χ3n) is 2.04. The van der Waals surface area contributed by atoms with Gasteiger partial charge in [-0.2, -0.15) is 0 Å². The molecule has 1 unspecified atom stereocenters. The third-order valence-corrected chi connectivity index (χ3v) is 3.23. The Hall–Kier alpha value is -0.480. The molecule has 0 saturated carbocycles. The SMILES string of the molecule is COc1cccc(SC)c1C(=O)C(C)Br. The fraction of sp³-hybridized carbons (Fsp3) is 0.364. The number of halogens is 1. The zero-order chi connectivity index (χ0) is 11.4. The Labute approximate surface area is 103 Å². The quantitative estimate of drug-likeness (QED) is 0.483. The Morgan fingerprint density at radius 1 is 1.53 bits per heavy atom. The summed E-state index contributed by atoms with van der Waals surface area (Å²) in [6.45, 7) is 1.82. The van der Waals surface area contributed by atoms with Crippen molar-refractivity contribution < 1.29 is 9.53 Å². The van der Waals surface area contributed by atoms with Crippen molar-refractivity contribution in [1.29, 1.82) is 0 Å². The zero-order valence-corrected chi connectivity index (χ0v) is 11.3. The average molecular weight is 289 g/mol. The minimum Gasteiger partial charge on any atom is -0.496 e. The molecule has 0 aliphatic heterocycles. The molecule has 0 fully saturated rings. The molecule has 82 valence electrons. The van der Waals surface area contributed by atoms with E-state index in [9.17, 15) is 4.79 Å². The Morgan fingerprint density at radius 3 is 2.67 bits per heavy atom. The molecule has 1 aromatic carbocycles. The molecule has 1 rings (SSSR count). The van der Waals surface area contributed by atoms with Crippen molar-refractivity contribution in [2.45, 2.75) is 16.6 Å².